The molecule has 0 aliphatic carbocycles. The van der Waals surface area contributed by atoms with Gasteiger partial charge in [-0.05, 0) is 0 Å². The second kappa shape index (κ2) is 13.6. The van der Waals surface area contributed by atoms with Gasteiger partial charge < -0.3 is 11.9 Å². The molecule has 1 heterocycles. The van der Waals surface area contributed by atoms with Crippen LogP contribution in [0.4, 0.5) is 0 Å². The van der Waals surface area contributed by atoms with Crippen molar-refractivity contribution in [2.24, 2.45) is 0 Å². The Morgan fingerprint density at radius 2 is 2.17 bits per heavy atom. The number of H-pyrrole nitrogens is 1. The van der Waals surface area contributed by atoms with Crippen LogP contribution in [0.2, 0.25) is 0 Å². The molecule has 1 rings (SSSR count). The van der Waals surface area contributed by atoms with Crippen LogP contribution in [-0.4, -0.2) is 28.0 Å². The summed E-state index contributed by atoms with van der Waals surface area (Å²) < 4.78 is 0. The fraction of sp³-hybridized carbons (Fsp3) is 0.500. The summed E-state index contributed by atoms with van der Waals surface area (Å²) in [5.41, 5.74) is 0. The number of aromatic amines is 1. The zero-order chi connectivity index (χ0) is 8.36. The molecular formula is C10H17MgN. The van der Waals surface area contributed by atoms with Gasteiger partial charge in [-0.2, -0.15) is 24.8 Å². The van der Waals surface area contributed by atoms with E-state index in [1.807, 2.05) is 18.3 Å². The molecule has 0 atom stereocenters. The van der Waals surface area contributed by atoms with Gasteiger partial charge >= 0.3 is 23.1 Å². The Labute approximate surface area is 92.1 Å². The van der Waals surface area contributed by atoms with Gasteiger partial charge in [-0.25, -0.2) is 0 Å². The van der Waals surface area contributed by atoms with E-state index < -0.39 is 0 Å². The standard InChI is InChI=1S/C6H13.C4H4N.Mg/c1-3-5-6-4-2;1-2-4-5-3-1;/h1,3-6H2,2H3;1-3,5H;/q2*-1;+2. The van der Waals surface area contributed by atoms with Crippen molar-refractivity contribution in [3.63, 3.8) is 0 Å². The average Bonchev–Trinajstić information content (AvgIpc) is 2.57. The van der Waals surface area contributed by atoms with Crippen molar-refractivity contribution < 1.29 is 0 Å². The molecule has 0 aliphatic heterocycles. The second-order valence-electron chi connectivity index (χ2n) is 2.38. The van der Waals surface area contributed by atoms with E-state index in [0.29, 0.717) is 0 Å². The molecule has 0 aromatic carbocycles. The van der Waals surface area contributed by atoms with E-state index >= 15 is 0 Å². The van der Waals surface area contributed by atoms with Gasteiger partial charge in [0, 0.05) is 0 Å². The Bertz CT molecular complexity index is 105. The fourth-order valence-electron chi connectivity index (χ4n) is 0.667. The maximum atomic E-state index is 3.72. The Morgan fingerprint density at radius 3 is 2.33 bits per heavy atom. The van der Waals surface area contributed by atoms with Crippen molar-refractivity contribution in [2.45, 2.75) is 32.6 Å². The van der Waals surface area contributed by atoms with Crippen molar-refractivity contribution in [1.29, 1.82) is 0 Å². The molecule has 1 N–H and O–H groups in total. The van der Waals surface area contributed by atoms with Crippen molar-refractivity contribution in [2.75, 3.05) is 0 Å². The van der Waals surface area contributed by atoms with Gasteiger partial charge in [0.2, 0.25) is 0 Å². The van der Waals surface area contributed by atoms with Crippen LogP contribution in [0.5, 0.6) is 0 Å². The Kier molecular flexibility index (Phi) is 16.5. The monoisotopic (exact) mass is 175 g/mol. The Morgan fingerprint density at radius 1 is 1.42 bits per heavy atom. The van der Waals surface area contributed by atoms with Crippen molar-refractivity contribution in [1.82, 2.24) is 4.98 Å². The summed E-state index contributed by atoms with van der Waals surface area (Å²) in [6.07, 6.45) is 9.63. The van der Waals surface area contributed by atoms with Gasteiger partial charge in [-0.15, -0.1) is 6.20 Å². The van der Waals surface area contributed by atoms with Gasteiger partial charge in [0.25, 0.3) is 0 Å². The fourth-order valence-corrected chi connectivity index (χ4v) is 0.667. The summed E-state index contributed by atoms with van der Waals surface area (Å²) in [5.74, 6) is 0. The Hall–Kier alpha value is 0.0462. The van der Waals surface area contributed by atoms with Crippen LogP contribution in [0.25, 0.3) is 0 Å². The third-order valence-corrected chi connectivity index (χ3v) is 1.30. The van der Waals surface area contributed by atoms with E-state index in [-0.39, 0.29) is 23.1 Å². The van der Waals surface area contributed by atoms with Crippen LogP contribution >= 0.6 is 0 Å². The van der Waals surface area contributed by atoms with Crippen LogP contribution < -0.4 is 0 Å². The first kappa shape index (κ1) is 14.6. The van der Waals surface area contributed by atoms with Crippen LogP contribution in [0.1, 0.15) is 32.6 Å². The summed E-state index contributed by atoms with van der Waals surface area (Å²) in [7, 11) is 0. The minimum Gasteiger partial charge on any atom is -0.484 e. The quantitative estimate of drug-likeness (QED) is 0.413. The number of aromatic nitrogens is 1. The first-order chi connectivity index (χ1) is 5.41. The number of hydrogen-bond donors (Lipinski definition) is 1. The molecule has 64 valence electrons. The van der Waals surface area contributed by atoms with Crippen LogP contribution in [0.15, 0.2) is 18.3 Å². The summed E-state index contributed by atoms with van der Waals surface area (Å²) in [5, 5.41) is 0. The molecule has 0 saturated carbocycles. The van der Waals surface area contributed by atoms with Gasteiger partial charge in [-0.3, -0.25) is 0 Å². The van der Waals surface area contributed by atoms with E-state index in [1.165, 1.54) is 19.3 Å². The molecule has 1 aromatic heterocycles. The van der Waals surface area contributed by atoms with Crippen LogP contribution in [0.3, 0.4) is 0 Å². The van der Waals surface area contributed by atoms with Gasteiger partial charge in [0.05, 0.1) is 0 Å². The molecular weight excluding hydrogens is 158 g/mol. The summed E-state index contributed by atoms with van der Waals surface area (Å²) in [4.78, 5) is 2.74. The van der Waals surface area contributed by atoms with Gasteiger partial charge in [0.15, 0.2) is 0 Å². The summed E-state index contributed by atoms with van der Waals surface area (Å²) >= 11 is 0. The summed E-state index contributed by atoms with van der Waals surface area (Å²) in [6.45, 7) is 5.93. The number of nitrogens with one attached hydrogen (secondary N) is 1. The Balaban J connectivity index is 0. The maximum Gasteiger partial charge on any atom is 2.00 e. The normalized spacial score (nSPS) is 7.83. The molecule has 2 heteroatoms. The first-order valence-corrected chi connectivity index (χ1v) is 4.20. The molecule has 0 saturated heterocycles. The molecule has 1 nitrogen and oxygen atoms in total. The van der Waals surface area contributed by atoms with Crippen molar-refractivity contribution >= 4 is 23.1 Å². The predicted molar refractivity (Wildman–Crippen MR) is 54.9 cm³/mol. The van der Waals surface area contributed by atoms with Crippen molar-refractivity contribution in [3.8, 4) is 0 Å². The van der Waals surface area contributed by atoms with Gasteiger partial charge in [0.1, 0.15) is 0 Å². The minimum absolute atomic E-state index is 0. The van der Waals surface area contributed by atoms with E-state index in [2.05, 4.69) is 25.0 Å². The number of rotatable bonds is 3. The van der Waals surface area contributed by atoms with Crippen LogP contribution in [0, 0.1) is 13.1 Å². The number of unbranched alkanes of at least 4 members (excludes halogenated alkanes) is 3. The average molecular weight is 176 g/mol. The van der Waals surface area contributed by atoms with Crippen molar-refractivity contribution in [3.05, 3.63) is 31.5 Å². The predicted octanol–water partition coefficient (Wildman–Crippen LogP) is 2.83. The number of hydrogen-bond acceptors (Lipinski definition) is 0. The molecule has 0 unspecified atom stereocenters. The molecule has 0 spiro atoms. The molecule has 1 aromatic rings. The molecule has 0 fully saturated rings. The molecule has 0 radical (unpaired) electrons. The van der Waals surface area contributed by atoms with Crippen LogP contribution in [-0.2, 0) is 0 Å². The molecule has 0 aliphatic rings. The maximum absolute atomic E-state index is 3.72. The third kappa shape index (κ3) is 12.7. The topological polar surface area (TPSA) is 15.8 Å². The minimum atomic E-state index is 0. The molecule has 0 amide bonds. The molecule has 0 bridgehead atoms. The first-order valence-electron chi connectivity index (χ1n) is 4.20. The van der Waals surface area contributed by atoms with E-state index in [1.54, 1.807) is 0 Å². The largest absolute Gasteiger partial charge is 2.00 e. The van der Waals surface area contributed by atoms with E-state index in [0.717, 1.165) is 6.42 Å². The van der Waals surface area contributed by atoms with E-state index in [9.17, 15) is 0 Å². The third-order valence-electron chi connectivity index (χ3n) is 1.30. The summed E-state index contributed by atoms with van der Waals surface area (Å²) in [6, 6.07) is 3.71. The zero-order valence-electron chi connectivity index (χ0n) is 7.97. The smallest absolute Gasteiger partial charge is 0.484 e. The second-order valence-corrected chi connectivity index (χ2v) is 2.38. The SMILES string of the molecule is [CH2-]CCCCC.[Mg+2].[c-]1ccc[nH]1. The molecule has 12 heavy (non-hydrogen) atoms. The van der Waals surface area contributed by atoms with Gasteiger partial charge in [-0.1, -0.05) is 26.2 Å². The van der Waals surface area contributed by atoms with E-state index in [4.69, 9.17) is 0 Å². The zero-order valence-corrected chi connectivity index (χ0v) is 9.39.